The molecule has 0 aromatic carbocycles. The standard InChI is InChI=1S/C10H14N2O2.C10H20N2O.C9H13N3O.2C8H15NO2.C8H15NO.C7H15NO2S.C6H11FO.C6H10N2.C6H12O2S.C6H12O.3C5H8N2.C4H6N2/c1-8-2-5-12(6-3-8)10(13)9-11-4-7-14-9;1-9-4-6-12(7-5-9)10(13)8-11(2)3;1-7-3-10-12(4-7)9-5-11(6-9)8(2)13;1-7-2-4-9(5-3-7)8(11)6-10;1-7-2-4-9(5-3-7)6-8(10)11;1-7-3-5-9(6-4-7)8(2)10;1-7-3-5-8(6-4-7)11(2,9)10;1-6(7)2-4-8-5-3-6;1-5-4-8(3)6(2)7-5;1-6-2-4-9(7,8)5-3-6;1-6-2-4-7-5-3-6;1-5-3-7(2)4-6-5;1-5-3-6-4-7(5)2;1-5-3-4-7(2)6-5;1-4-2-3-5-6-4/h4,7-8H,2-3,5-6H2,1H3;9H,4-8H2,1-3H3;3-4,9H,5-6H2,1-2H3;7,10H,2-6H2,1H3;7H,2-6H2,1H3,(H,10,11);7H,3-6H2,1-2H3;7H,3-6H2,1-2H3;2-5H2,1H3;4H,1-3H3;6H,2-5H2,1H3;6H,2-5H2,1H3;3*3-4H,1-2H3;2-3H,1H3,(H,5,6). The summed E-state index contributed by atoms with van der Waals surface area (Å²) in [4.78, 5) is 95.4. The van der Waals surface area contributed by atoms with Crippen molar-refractivity contribution in [3.63, 3.8) is 0 Å². The van der Waals surface area contributed by atoms with E-state index in [-0.39, 0.29) is 48.6 Å². The van der Waals surface area contributed by atoms with Gasteiger partial charge in [0.2, 0.25) is 33.7 Å². The minimum absolute atomic E-state index is 0.0816. The van der Waals surface area contributed by atoms with Gasteiger partial charge in [0.15, 0.2) is 0 Å². The predicted octanol–water partition coefficient (Wildman–Crippen LogP) is 13.7. The fourth-order valence-corrected chi connectivity index (χ4v) is 18.0. The molecule has 39 heteroatoms. The van der Waals surface area contributed by atoms with E-state index in [0.717, 1.165) is 220 Å². The molecule has 10 fully saturated rings. The van der Waals surface area contributed by atoms with Gasteiger partial charge in [-0.05, 0) is 250 Å². The van der Waals surface area contributed by atoms with E-state index in [4.69, 9.17) is 24.1 Å². The summed E-state index contributed by atoms with van der Waals surface area (Å²) in [6.07, 6.45) is 39.8. The molecule has 36 nitrogen and oxygen atoms in total. The number of aliphatic hydroxyl groups excluding tert-OH is 1. The highest BCUT2D eigenvalue weighted by molar-refractivity contribution is 7.91. The number of likely N-dealkylation sites (tertiary alicyclic amines) is 6. The van der Waals surface area contributed by atoms with Crippen molar-refractivity contribution in [1.29, 1.82) is 0 Å². The molecule has 3 N–H and O–H groups in total. The molecule has 7 aromatic rings. The first-order valence-electron chi connectivity index (χ1n) is 51.0. The number of hydrogen-bond donors (Lipinski definition) is 3. The number of carboxylic acid groups (broad SMARTS) is 1. The van der Waals surface area contributed by atoms with Crippen molar-refractivity contribution in [2.45, 2.75) is 252 Å². The summed E-state index contributed by atoms with van der Waals surface area (Å²) in [5.41, 5.74) is 5.75. The number of aromatic amines is 1. The number of oxazole rings is 1. The van der Waals surface area contributed by atoms with Crippen molar-refractivity contribution in [3.05, 3.63) is 126 Å². The third-order valence-corrected chi connectivity index (χ3v) is 29.1. The number of rotatable bonds is 8. The van der Waals surface area contributed by atoms with Crippen molar-refractivity contribution in [2.24, 2.45) is 75.5 Å². The Kier molecular flexibility index (Phi) is 61.1. The van der Waals surface area contributed by atoms with Crippen LogP contribution in [0, 0.1) is 95.8 Å². The highest BCUT2D eigenvalue weighted by Crippen LogP contribution is 2.26. The van der Waals surface area contributed by atoms with E-state index in [1.54, 1.807) is 53.5 Å². The molecule has 0 aliphatic carbocycles. The Morgan fingerprint density at radius 2 is 1.03 bits per heavy atom. The number of amides is 5. The van der Waals surface area contributed by atoms with Gasteiger partial charge in [-0.3, -0.25) is 48.1 Å². The van der Waals surface area contributed by atoms with Crippen LogP contribution in [0.25, 0.3) is 0 Å². The number of sulfone groups is 1. The van der Waals surface area contributed by atoms with E-state index in [9.17, 15) is 50.0 Å². The predicted molar refractivity (Wildman–Crippen MR) is 558 cm³/mol. The van der Waals surface area contributed by atoms with E-state index in [0.29, 0.717) is 75.1 Å². The van der Waals surface area contributed by atoms with Crippen molar-refractivity contribution in [2.75, 3.05) is 170 Å². The number of carbonyl (C=O) groups is 6. The number of halogens is 1. The van der Waals surface area contributed by atoms with Crippen LogP contribution in [0.4, 0.5) is 4.39 Å². The van der Waals surface area contributed by atoms with Gasteiger partial charge in [0.05, 0.1) is 79.0 Å². The summed E-state index contributed by atoms with van der Waals surface area (Å²) in [7, 11) is 6.18. The summed E-state index contributed by atoms with van der Waals surface area (Å²) < 4.78 is 82.7. The second-order valence-electron chi connectivity index (χ2n) is 40.7. The Balaban J connectivity index is 0.000000393. The zero-order chi connectivity index (χ0) is 106. The average Bonchev–Trinajstić information content (AvgIpc) is 1.66. The number of sulfonamides is 1. The molecule has 10 aliphatic heterocycles. The number of imidazole rings is 3. The largest absolute Gasteiger partial charge is 0.480 e. The Labute approximate surface area is 850 Å². The molecule has 10 aliphatic rings. The second kappa shape index (κ2) is 68.3. The zero-order valence-electron chi connectivity index (χ0n) is 91.0. The highest BCUT2D eigenvalue weighted by atomic mass is 32.2. The van der Waals surface area contributed by atoms with E-state index in [2.05, 4.69) is 95.7 Å². The second-order valence-corrected chi connectivity index (χ2v) is 45.0. The van der Waals surface area contributed by atoms with Crippen molar-refractivity contribution in [1.82, 2.24) is 102 Å². The normalized spacial score (nSPS) is 18.7. The number of nitrogens with one attached hydrogen (secondary N) is 1. The lowest BCUT2D eigenvalue weighted by Gasteiger charge is -2.38. The van der Waals surface area contributed by atoms with E-state index in [1.807, 2.05) is 188 Å². The van der Waals surface area contributed by atoms with Crippen LogP contribution in [-0.4, -0.2) is 340 Å². The molecule has 0 saturated carbocycles. The number of aliphatic hydroxyl groups is 1. The van der Waals surface area contributed by atoms with E-state index < -0.39 is 31.5 Å². The summed E-state index contributed by atoms with van der Waals surface area (Å²) in [5, 5.41) is 31.7. The first kappa shape index (κ1) is 127. The molecule has 0 bridgehead atoms. The minimum Gasteiger partial charge on any atom is -0.480 e. The Hall–Kier alpha value is -9.12. The molecule has 7 aromatic heterocycles. The van der Waals surface area contributed by atoms with Gasteiger partial charge in [0.1, 0.15) is 34.2 Å². The van der Waals surface area contributed by atoms with Gasteiger partial charge in [-0.2, -0.15) is 15.3 Å². The van der Waals surface area contributed by atoms with Gasteiger partial charge in [0, 0.05) is 208 Å². The summed E-state index contributed by atoms with van der Waals surface area (Å²) in [6, 6.07) is 4.28. The summed E-state index contributed by atoms with van der Waals surface area (Å²) in [5.74, 6) is 7.91. The number of likely N-dealkylation sites (N-methyl/N-ethyl adjacent to an activating group) is 1. The first-order valence-corrected chi connectivity index (χ1v) is 54.7. The van der Waals surface area contributed by atoms with Crippen LogP contribution in [0.5, 0.6) is 0 Å². The van der Waals surface area contributed by atoms with Crippen LogP contribution in [0.2, 0.25) is 0 Å². The SMILES string of the molecule is CC(=O)N1CC(n2cc(C)cn2)C1.CC(=O)N1CCC(C)CC1.CC1(F)CCOCC1.CC1CCN(C(=O)CN(C)C)CC1.CC1CCN(C(=O)CO)CC1.CC1CCN(C(=O)c2ncco2)CC1.CC1CCN(CC(=O)O)CC1.CC1CCN(S(C)(=O)=O)CC1.CC1CCOCC1.CC1CCS(=O)(=O)CC1.Cc1ccn(C)n1.Cc1ccn[nH]1.Cc1cn(C)c(C)n1.Cc1cn(C)cn1.Cc1cncn1C. The Morgan fingerprint density at radius 1 is 0.556 bits per heavy atom. The van der Waals surface area contributed by atoms with Crippen LogP contribution in [0.15, 0.2) is 85.0 Å². The number of carbonyl (C=O) groups excluding carboxylic acids is 5. The van der Waals surface area contributed by atoms with Crippen molar-refractivity contribution in [3.8, 4) is 0 Å². The van der Waals surface area contributed by atoms with E-state index >= 15 is 0 Å². The monoisotopic (exact) mass is 2040 g/mol. The fraction of sp³-hybridized carbons (Fsp3) is 0.738. The number of aromatic nitrogens is 13. The Bertz CT molecular complexity index is 4660. The molecule has 17 heterocycles. The van der Waals surface area contributed by atoms with Crippen LogP contribution >= 0.6 is 0 Å². The summed E-state index contributed by atoms with van der Waals surface area (Å²) in [6.45, 7) is 52.1. The van der Waals surface area contributed by atoms with Crippen LogP contribution in [0.3, 0.4) is 0 Å². The third-order valence-electron chi connectivity index (χ3n) is 26.1. The molecular formula is C103H182FN21O15S2. The highest BCUT2D eigenvalue weighted by Gasteiger charge is 2.32. The van der Waals surface area contributed by atoms with Gasteiger partial charge in [-0.25, -0.2) is 45.5 Å². The average molecular weight is 2040 g/mol. The molecule has 142 heavy (non-hydrogen) atoms. The third kappa shape index (κ3) is 57.5. The Morgan fingerprint density at radius 3 is 1.32 bits per heavy atom. The molecule has 0 atom stereocenters. The number of aryl methyl sites for hydroxylation is 11. The number of H-pyrrole nitrogens is 1. The molecule has 0 spiro atoms. The maximum Gasteiger partial charge on any atom is 0.317 e. The number of aliphatic carboxylic acids is 1. The lowest BCUT2D eigenvalue weighted by Crippen LogP contribution is -2.49. The van der Waals surface area contributed by atoms with Gasteiger partial charge < -0.3 is 67.2 Å². The number of ether oxygens (including phenoxy) is 2. The fourth-order valence-electron chi connectivity index (χ4n) is 15.4. The van der Waals surface area contributed by atoms with Gasteiger partial charge in [0.25, 0.3) is 5.89 Å². The van der Waals surface area contributed by atoms with Gasteiger partial charge in [-0.1, -0.05) is 55.4 Å². The number of hydrogen-bond acceptors (Lipinski definition) is 23. The van der Waals surface area contributed by atoms with Crippen LogP contribution in [-0.2, 0) is 81.5 Å². The van der Waals surface area contributed by atoms with Gasteiger partial charge in [-0.15, -0.1) is 0 Å². The van der Waals surface area contributed by atoms with Crippen molar-refractivity contribution >= 4 is 55.4 Å². The number of piperidine rings is 6. The quantitative estimate of drug-likeness (QED) is 0.127. The number of carboxylic acids is 1. The molecule has 808 valence electrons. The summed E-state index contributed by atoms with van der Waals surface area (Å²) >= 11 is 0. The molecular weight excluding hydrogens is 1850 g/mol. The maximum atomic E-state index is 12.8. The van der Waals surface area contributed by atoms with Crippen molar-refractivity contribution < 1.29 is 74.1 Å². The number of nitrogens with zero attached hydrogens (tertiary/aromatic N) is 20. The molecule has 10 saturated heterocycles. The van der Waals surface area contributed by atoms with Gasteiger partial charge >= 0.3 is 11.9 Å². The molecule has 5 amide bonds. The number of alkyl halides is 1. The van der Waals surface area contributed by atoms with Crippen LogP contribution < -0.4 is 0 Å². The lowest BCUT2D eigenvalue weighted by molar-refractivity contribution is -0.139. The zero-order valence-corrected chi connectivity index (χ0v) is 92.7. The minimum atomic E-state index is -2.92. The van der Waals surface area contributed by atoms with Crippen LogP contribution in [0.1, 0.15) is 248 Å². The molecule has 17 rings (SSSR count). The molecule has 0 radical (unpaired) electrons. The smallest absolute Gasteiger partial charge is 0.317 e. The lowest BCUT2D eigenvalue weighted by atomic mass is 9.99. The topological polar surface area (TPSA) is 399 Å². The maximum absolute atomic E-state index is 12.8. The van der Waals surface area contributed by atoms with E-state index in [1.165, 1.54) is 68.5 Å². The molecule has 0 unspecified atom stereocenters. The first-order chi connectivity index (χ1) is 66.8.